The second kappa shape index (κ2) is 7.59. The molecule has 0 saturated heterocycles. The van der Waals surface area contributed by atoms with Crippen LogP contribution in [-0.2, 0) is 6.42 Å². The topological polar surface area (TPSA) is 54.0 Å². The molecule has 1 aromatic heterocycles. The fraction of sp³-hybridized carbons (Fsp3) is 0.333. The fourth-order valence-electron chi connectivity index (χ4n) is 2.11. The molecule has 2 N–H and O–H groups in total. The first-order chi connectivity index (χ1) is 10.6. The number of hydrogen-bond acceptors (Lipinski definition) is 3. The van der Waals surface area contributed by atoms with Crippen LogP contribution in [0.15, 0.2) is 42.6 Å². The minimum atomic E-state index is -0.130. The number of hydrogen-bond donors (Lipinski definition) is 2. The largest absolute Gasteiger partial charge is 0.354 e. The number of carbonyl (C=O) groups excluding carboxylic acids is 1. The summed E-state index contributed by atoms with van der Waals surface area (Å²) in [6.45, 7) is 6.15. The van der Waals surface area contributed by atoms with Crippen molar-refractivity contribution in [2.24, 2.45) is 0 Å². The highest BCUT2D eigenvalue weighted by Gasteiger charge is 2.09. The van der Waals surface area contributed by atoms with Gasteiger partial charge in [0.2, 0.25) is 0 Å². The van der Waals surface area contributed by atoms with E-state index in [0.717, 1.165) is 24.2 Å². The van der Waals surface area contributed by atoms with E-state index in [4.69, 9.17) is 0 Å². The quantitative estimate of drug-likeness (QED) is 0.849. The van der Waals surface area contributed by atoms with E-state index in [0.29, 0.717) is 5.69 Å². The molecule has 0 radical (unpaired) electrons. The van der Waals surface area contributed by atoms with Crippen LogP contribution in [0, 0.1) is 0 Å². The Balaban J connectivity index is 2.07. The predicted octanol–water partition coefficient (Wildman–Crippen LogP) is 3.92. The van der Waals surface area contributed by atoms with E-state index in [-0.39, 0.29) is 11.9 Å². The minimum Gasteiger partial charge on any atom is -0.354 e. The number of carbonyl (C=O) groups is 1. The van der Waals surface area contributed by atoms with E-state index in [1.807, 2.05) is 38.1 Å². The van der Waals surface area contributed by atoms with Crippen molar-refractivity contribution in [2.75, 3.05) is 5.32 Å². The summed E-state index contributed by atoms with van der Waals surface area (Å²) in [7, 11) is 0. The van der Waals surface area contributed by atoms with Gasteiger partial charge >= 0.3 is 0 Å². The summed E-state index contributed by atoms with van der Waals surface area (Å²) < 4.78 is 0. The van der Waals surface area contributed by atoms with Crippen molar-refractivity contribution in [3.63, 3.8) is 0 Å². The van der Waals surface area contributed by atoms with Crippen molar-refractivity contribution < 1.29 is 4.79 Å². The summed E-state index contributed by atoms with van der Waals surface area (Å²) in [6.07, 6.45) is 3.56. The van der Waals surface area contributed by atoms with Crippen LogP contribution in [0.4, 0.5) is 11.4 Å². The number of benzene rings is 1. The molecule has 2 rings (SSSR count). The van der Waals surface area contributed by atoms with Gasteiger partial charge in [0, 0.05) is 11.7 Å². The third kappa shape index (κ3) is 4.07. The highest BCUT2D eigenvalue weighted by atomic mass is 16.1. The van der Waals surface area contributed by atoms with Crippen LogP contribution in [0.1, 0.15) is 43.2 Å². The normalized spacial score (nSPS) is 11.8. The van der Waals surface area contributed by atoms with E-state index in [2.05, 4.69) is 28.6 Å². The Hall–Kier alpha value is -2.36. The number of aryl methyl sites for hydroxylation is 1. The Morgan fingerprint density at radius 2 is 1.95 bits per heavy atom. The van der Waals surface area contributed by atoms with Crippen LogP contribution < -0.4 is 10.6 Å². The molecule has 4 nitrogen and oxygen atoms in total. The summed E-state index contributed by atoms with van der Waals surface area (Å²) in [4.78, 5) is 16.2. The maximum absolute atomic E-state index is 12.0. The zero-order valence-corrected chi connectivity index (χ0v) is 13.4. The van der Waals surface area contributed by atoms with Crippen molar-refractivity contribution >= 4 is 17.3 Å². The van der Waals surface area contributed by atoms with Crippen LogP contribution in [0.25, 0.3) is 0 Å². The first-order valence-electron chi connectivity index (χ1n) is 7.75. The smallest absolute Gasteiger partial charge is 0.270 e. The van der Waals surface area contributed by atoms with Gasteiger partial charge in [-0.25, -0.2) is 4.98 Å². The van der Waals surface area contributed by atoms with Gasteiger partial charge in [-0.3, -0.25) is 4.79 Å². The zero-order valence-electron chi connectivity index (χ0n) is 13.4. The van der Waals surface area contributed by atoms with Gasteiger partial charge < -0.3 is 10.6 Å². The van der Waals surface area contributed by atoms with Crippen LogP contribution in [-0.4, -0.2) is 16.9 Å². The summed E-state index contributed by atoms with van der Waals surface area (Å²) in [5.41, 5.74) is 3.64. The van der Waals surface area contributed by atoms with Gasteiger partial charge in [-0.1, -0.05) is 32.0 Å². The fourth-order valence-corrected chi connectivity index (χ4v) is 2.11. The molecule has 116 valence electrons. The Morgan fingerprint density at radius 3 is 2.59 bits per heavy atom. The molecule has 0 aliphatic heterocycles. The minimum absolute atomic E-state index is 0.130. The van der Waals surface area contributed by atoms with Gasteiger partial charge in [0.15, 0.2) is 0 Å². The summed E-state index contributed by atoms with van der Waals surface area (Å²) >= 11 is 0. The van der Waals surface area contributed by atoms with Crippen LogP contribution in [0.3, 0.4) is 0 Å². The van der Waals surface area contributed by atoms with Gasteiger partial charge in [0.25, 0.3) is 5.91 Å². The molecule has 1 heterocycles. The SMILES string of the molecule is CCc1ccccc1Nc1ccc(C(=O)NC(C)CC)nc1. The predicted molar refractivity (Wildman–Crippen MR) is 90.6 cm³/mol. The van der Waals surface area contributed by atoms with Crippen LogP contribution in [0.5, 0.6) is 0 Å². The van der Waals surface area contributed by atoms with Crippen LogP contribution in [0.2, 0.25) is 0 Å². The average molecular weight is 297 g/mol. The third-order valence-corrected chi connectivity index (χ3v) is 3.66. The Kier molecular flexibility index (Phi) is 5.53. The van der Waals surface area contributed by atoms with Crippen molar-refractivity contribution in [1.82, 2.24) is 10.3 Å². The number of para-hydroxylation sites is 1. The number of nitrogens with one attached hydrogen (secondary N) is 2. The standard InChI is InChI=1S/C18H23N3O/c1-4-13(3)20-18(22)17-11-10-15(12-19-17)21-16-9-7-6-8-14(16)5-2/h6-13,21H,4-5H2,1-3H3,(H,20,22). The van der Waals surface area contributed by atoms with Crippen molar-refractivity contribution in [1.29, 1.82) is 0 Å². The molecule has 22 heavy (non-hydrogen) atoms. The van der Waals surface area contributed by atoms with Gasteiger partial charge in [0.05, 0.1) is 11.9 Å². The summed E-state index contributed by atoms with van der Waals surface area (Å²) in [5.74, 6) is -0.130. The van der Waals surface area contributed by atoms with E-state index in [9.17, 15) is 4.79 Å². The van der Waals surface area contributed by atoms with Crippen molar-refractivity contribution in [2.45, 2.75) is 39.7 Å². The molecule has 0 saturated carbocycles. The lowest BCUT2D eigenvalue weighted by Crippen LogP contribution is -2.32. The molecule has 1 unspecified atom stereocenters. The summed E-state index contributed by atoms with van der Waals surface area (Å²) in [5, 5.41) is 6.26. The molecular formula is C18H23N3O. The number of amides is 1. The van der Waals surface area contributed by atoms with Crippen molar-refractivity contribution in [3.8, 4) is 0 Å². The van der Waals surface area contributed by atoms with Gasteiger partial charge in [0.1, 0.15) is 5.69 Å². The molecule has 0 fully saturated rings. The van der Waals surface area contributed by atoms with E-state index in [1.54, 1.807) is 12.3 Å². The van der Waals surface area contributed by atoms with E-state index < -0.39 is 0 Å². The molecule has 0 aliphatic carbocycles. The van der Waals surface area contributed by atoms with E-state index >= 15 is 0 Å². The molecule has 1 amide bonds. The van der Waals surface area contributed by atoms with E-state index in [1.165, 1.54) is 5.56 Å². The molecular weight excluding hydrogens is 274 g/mol. The lowest BCUT2D eigenvalue weighted by Gasteiger charge is -2.12. The molecule has 0 spiro atoms. The van der Waals surface area contributed by atoms with Crippen molar-refractivity contribution in [3.05, 3.63) is 53.9 Å². The van der Waals surface area contributed by atoms with Gasteiger partial charge in [-0.2, -0.15) is 0 Å². The molecule has 2 aromatic rings. The molecule has 0 bridgehead atoms. The van der Waals surface area contributed by atoms with Gasteiger partial charge in [-0.05, 0) is 43.5 Å². The maximum Gasteiger partial charge on any atom is 0.270 e. The number of anilines is 2. The Morgan fingerprint density at radius 1 is 1.18 bits per heavy atom. The number of rotatable bonds is 6. The Labute approximate surface area is 132 Å². The highest BCUT2D eigenvalue weighted by molar-refractivity contribution is 5.92. The molecule has 4 heteroatoms. The van der Waals surface area contributed by atoms with Crippen LogP contribution >= 0.6 is 0 Å². The number of pyridine rings is 1. The third-order valence-electron chi connectivity index (χ3n) is 3.66. The van der Waals surface area contributed by atoms with Gasteiger partial charge in [-0.15, -0.1) is 0 Å². The second-order valence-electron chi connectivity index (χ2n) is 5.35. The molecule has 1 atom stereocenters. The molecule has 1 aromatic carbocycles. The zero-order chi connectivity index (χ0) is 15.9. The Bertz CT molecular complexity index is 622. The average Bonchev–Trinajstić information content (AvgIpc) is 2.55. The first-order valence-corrected chi connectivity index (χ1v) is 7.75. The number of nitrogens with zero attached hydrogens (tertiary/aromatic N) is 1. The summed E-state index contributed by atoms with van der Waals surface area (Å²) in [6, 6.07) is 12.0. The maximum atomic E-state index is 12.0. The first kappa shape index (κ1) is 16.0. The number of aromatic nitrogens is 1. The second-order valence-corrected chi connectivity index (χ2v) is 5.35. The lowest BCUT2D eigenvalue weighted by atomic mass is 10.1. The lowest BCUT2D eigenvalue weighted by molar-refractivity contribution is 0.0934. The molecule has 0 aliphatic rings. The highest BCUT2D eigenvalue weighted by Crippen LogP contribution is 2.20. The monoisotopic (exact) mass is 297 g/mol.